The van der Waals surface area contributed by atoms with Crippen molar-refractivity contribution in [1.82, 2.24) is 0 Å². The Morgan fingerprint density at radius 3 is 2.30 bits per heavy atom. The number of para-hydroxylation sites is 1. The zero-order valence-electron chi connectivity index (χ0n) is 17.3. The maximum absolute atomic E-state index is 13.1. The number of halogens is 3. The van der Waals surface area contributed by atoms with Crippen LogP contribution in [0.15, 0.2) is 53.4 Å². The molecule has 0 fully saturated rings. The van der Waals surface area contributed by atoms with Crippen LogP contribution < -0.4 is 10.6 Å². The van der Waals surface area contributed by atoms with E-state index in [-0.39, 0.29) is 17.0 Å². The van der Waals surface area contributed by atoms with Gasteiger partial charge in [0.25, 0.3) is 0 Å². The standard InChI is InChI=1S/C22H25F3N2O2S/c1-14(20(29)27-18-11-6-5-10-17(18)22(23,24)25)30-16-9-7-8-15(12-16)26-19(28)13-21(2,3)4/h5-12,14H,13H2,1-4H3,(H,26,28)(H,27,29). The number of amides is 2. The number of thioether (sulfide) groups is 1. The molecule has 0 aromatic heterocycles. The molecule has 2 N–H and O–H groups in total. The lowest BCUT2D eigenvalue weighted by atomic mass is 9.92. The summed E-state index contributed by atoms with van der Waals surface area (Å²) in [5.41, 5.74) is -0.704. The van der Waals surface area contributed by atoms with Crippen LogP contribution in [0.4, 0.5) is 24.5 Å². The third kappa shape index (κ3) is 7.40. The van der Waals surface area contributed by atoms with Crippen molar-refractivity contribution in [2.45, 2.75) is 50.4 Å². The molecule has 1 atom stereocenters. The molecule has 4 nitrogen and oxygen atoms in total. The molecular formula is C22H25F3N2O2S. The fourth-order valence-corrected chi connectivity index (χ4v) is 3.59. The van der Waals surface area contributed by atoms with E-state index in [4.69, 9.17) is 0 Å². The van der Waals surface area contributed by atoms with Crippen LogP contribution in [0.2, 0.25) is 0 Å². The van der Waals surface area contributed by atoms with Crippen LogP contribution in [0.5, 0.6) is 0 Å². The summed E-state index contributed by atoms with van der Waals surface area (Å²) in [4.78, 5) is 25.3. The summed E-state index contributed by atoms with van der Waals surface area (Å²) in [6.45, 7) is 7.52. The Bertz CT molecular complexity index is 908. The van der Waals surface area contributed by atoms with Crippen LogP contribution in [0, 0.1) is 5.41 Å². The summed E-state index contributed by atoms with van der Waals surface area (Å²) in [7, 11) is 0. The topological polar surface area (TPSA) is 58.2 Å². The number of carbonyl (C=O) groups excluding carboxylic acids is 2. The van der Waals surface area contributed by atoms with Crippen molar-refractivity contribution < 1.29 is 22.8 Å². The van der Waals surface area contributed by atoms with Crippen LogP contribution in [0.25, 0.3) is 0 Å². The highest BCUT2D eigenvalue weighted by Gasteiger charge is 2.33. The molecule has 0 aliphatic rings. The first-order valence-corrected chi connectivity index (χ1v) is 10.3. The minimum absolute atomic E-state index is 0.112. The van der Waals surface area contributed by atoms with Crippen molar-refractivity contribution in [2.24, 2.45) is 5.41 Å². The molecule has 0 aliphatic heterocycles. The van der Waals surface area contributed by atoms with Gasteiger partial charge in [-0.1, -0.05) is 39.0 Å². The maximum Gasteiger partial charge on any atom is 0.418 e. The molecule has 0 bridgehead atoms. The first-order valence-electron chi connectivity index (χ1n) is 9.39. The first kappa shape index (κ1) is 23.8. The monoisotopic (exact) mass is 438 g/mol. The maximum atomic E-state index is 13.1. The molecule has 0 spiro atoms. The summed E-state index contributed by atoms with van der Waals surface area (Å²) >= 11 is 1.19. The van der Waals surface area contributed by atoms with Gasteiger partial charge in [-0.15, -0.1) is 11.8 Å². The van der Waals surface area contributed by atoms with Gasteiger partial charge in [-0.25, -0.2) is 0 Å². The minimum atomic E-state index is -4.56. The lowest BCUT2D eigenvalue weighted by Crippen LogP contribution is -2.24. The zero-order chi connectivity index (χ0) is 22.5. The lowest BCUT2D eigenvalue weighted by Gasteiger charge is -2.18. The van der Waals surface area contributed by atoms with Crippen LogP contribution in [-0.4, -0.2) is 17.1 Å². The van der Waals surface area contributed by atoms with E-state index in [1.165, 1.54) is 30.0 Å². The smallest absolute Gasteiger partial charge is 0.326 e. The van der Waals surface area contributed by atoms with Gasteiger partial charge in [-0.2, -0.15) is 13.2 Å². The quantitative estimate of drug-likeness (QED) is 0.528. The van der Waals surface area contributed by atoms with Gasteiger partial charge < -0.3 is 10.6 Å². The largest absolute Gasteiger partial charge is 0.418 e. The Morgan fingerprint density at radius 1 is 1.00 bits per heavy atom. The molecule has 162 valence electrons. The van der Waals surface area contributed by atoms with E-state index in [0.717, 1.165) is 11.0 Å². The second kappa shape index (κ2) is 9.55. The molecular weight excluding hydrogens is 413 g/mol. The van der Waals surface area contributed by atoms with E-state index in [1.54, 1.807) is 31.2 Å². The second-order valence-electron chi connectivity index (χ2n) is 8.11. The number of anilines is 2. The highest BCUT2D eigenvalue weighted by Crippen LogP contribution is 2.35. The van der Waals surface area contributed by atoms with Crippen molar-refractivity contribution in [1.29, 1.82) is 0 Å². The van der Waals surface area contributed by atoms with Gasteiger partial charge in [-0.3, -0.25) is 9.59 Å². The Balaban J connectivity index is 2.04. The van der Waals surface area contributed by atoms with Crippen molar-refractivity contribution in [3.8, 4) is 0 Å². The van der Waals surface area contributed by atoms with Crippen molar-refractivity contribution >= 4 is 35.0 Å². The fourth-order valence-electron chi connectivity index (χ4n) is 2.67. The van der Waals surface area contributed by atoms with Gasteiger partial charge in [0.2, 0.25) is 11.8 Å². The summed E-state index contributed by atoms with van der Waals surface area (Å²) < 4.78 is 39.3. The van der Waals surface area contributed by atoms with Crippen molar-refractivity contribution in [3.05, 3.63) is 54.1 Å². The van der Waals surface area contributed by atoms with Gasteiger partial charge in [0.15, 0.2) is 0 Å². The zero-order valence-corrected chi connectivity index (χ0v) is 18.1. The third-order valence-electron chi connectivity index (χ3n) is 3.98. The molecule has 8 heteroatoms. The summed E-state index contributed by atoms with van der Waals surface area (Å²) in [5, 5.41) is 4.54. The normalized spacial score (nSPS) is 12.9. The second-order valence-corrected chi connectivity index (χ2v) is 9.52. The summed E-state index contributed by atoms with van der Waals surface area (Å²) in [5.74, 6) is -0.655. The molecule has 0 aliphatic carbocycles. The number of benzene rings is 2. The predicted octanol–water partition coefficient (Wildman–Crippen LogP) is 6.20. The molecule has 0 radical (unpaired) electrons. The van der Waals surface area contributed by atoms with Crippen LogP contribution in [-0.2, 0) is 15.8 Å². The molecule has 2 aromatic carbocycles. The number of hydrogen-bond donors (Lipinski definition) is 2. The average molecular weight is 439 g/mol. The van der Waals surface area contributed by atoms with Crippen molar-refractivity contribution in [2.75, 3.05) is 10.6 Å². The molecule has 2 aromatic rings. The van der Waals surface area contributed by atoms with Gasteiger partial charge in [-0.05, 0) is 42.7 Å². The van der Waals surface area contributed by atoms with E-state index in [1.807, 2.05) is 20.8 Å². The number of rotatable bonds is 6. The van der Waals surface area contributed by atoms with Gasteiger partial charge >= 0.3 is 6.18 Å². The molecule has 30 heavy (non-hydrogen) atoms. The summed E-state index contributed by atoms with van der Waals surface area (Å²) in [6.07, 6.45) is -4.19. The third-order valence-corrected chi connectivity index (χ3v) is 5.07. The van der Waals surface area contributed by atoms with Crippen LogP contribution in [0.1, 0.15) is 39.7 Å². The summed E-state index contributed by atoms with van der Waals surface area (Å²) in [6, 6.07) is 11.9. The Morgan fingerprint density at radius 2 is 1.67 bits per heavy atom. The molecule has 0 saturated heterocycles. The Kier molecular flexibility index (Phi) is 7.58. The lowest BCUT2D eigenvalue weighted by molar-refractivity contribution is -0.137. The Hall–Kier alpha value is -2.48. The van der Waals surface area contributed by atoms with Gasteiger partial charge in [0.05, 0.1) is 16.5 Å². The van der Waals surface area contributed by atoms with E-state index in [9.17, 15) is 22.8 Å². The van der Waals surface area contributed by atoms with Gasteiger partial charge in [0.1, 0.15) is 0 Å². The van der Waals surface area contributed by atoms with E-state index >= 15 is 0 Å². The predicted molar refractivity (Wildman–Crippen MR) is 115 cm³/mol. The highest BCUT2D eigenvalue weighted by atomic mass is 32.2. The molecule has 1 unspecified atom stereocenters. The molecule has 0 saturated carbocycles. The molecule has 2 rings (SSSR count). The number of carbonyl (C=O) groups is 2. The minimum Gasteiger partial charge on any atom is -0.326 e. The molecule has 2 amide bonds. The highest BCUT2D eigenvalue weighted by molar-refractivity contribution is 8.00. The van der Waals surface area contributed by atoms with Crippen LogP contribution >= 0.6 is 11.8 Å². The van der Waals surface area contributed by atoms with E-state index in [0.29, 0.717) is 12.1 Å². The first-order chi connectivity index (χ1) is 13.8. The SMILES string of the molecule is CC(Sc1cccc(NC(=O)CC(C)(C)C)c1)C(=O)Nc1ccccc1C(F)(F)F. The van der Waals surface area contributed by atoms with Crippen LogP contribution in [0.3, 0.4) is 0 Å². The Labute approximate surface area is 178 Å². The van der Waals surface area contributed by atoms with Crippen molar-refractivity contribution in [3.63, 3.8) is 0 Å². The van der Waals surface area contributed by atoms with E-state index in [2.05, 4.69) is 10.6 Å². The van der Waals surface area contributed by atoms with Gasteiger partial charge in [0, 0.05) is 17.0 Å². The molecule has 0 heterocycles. The number of hydrogen-bond acceptors (Lipinski definition) is 3. The number of nitrogens with one attached hydrogen (secondary N) is 2. The number of alkyl halides is 3. The fraction of sp³-hybridized carbons (Fsp3) is 0.364. The average Bonchev–Trinajstić information content (AvgIpc) is 2.59. The van der Waals surface area contributed by atoms with E-state index < -0.39 is 22.9 Å².